The van der Waals surface area contributed by atoms with Gasteiger partial charge >= 0.3 is 0 Å². The second-order valence-electron chi connectivity index (χ2n) is 5.61. The fourth-order valence-electron chi connectivity index (χ4n) is 2.33. The molecule has 0 bridgehead atoms. The van der Waals surface area contributed by atoms with Crippen LogP contribution < -0.4 is 5.32 Å². The Labute approximate surface area is 132 Å². The lowest BCUT2D eigenvalue weighted by Gasteiger charge is -2.13. The number of benzene rings is 1. The van der Waals surface area contributed by atoms with Gasteiger partial charge in [-0.2, -0.15) is 5.10 Å². The summed E-state index contributed by atoms with van der Waals surface area (Å²) in [5.74, 6) is 0.534. The van der Waals surface area contributed by atoms with Crippen LogP contribution in [0.15, 0.2) is 30.5 Å². The molecule has 2 rings (SSSR count). The van der Waals surface area contributed by atoms with Crippen molar-refractivity contribution in [2.45, 2.75) is 39.7 Å². The summed E-state index contributed by atoms with van der Waals surface area (Å²) >= 11 is 6.03. The predicted molar refractivity (Wildman–Crippen MR) is 89.1 cm³/mol. The molecule has 0 aliphatic heterocycles. The van der Waals surface area contributed by atoms with Gasteiger partial charge in [0.05, 0.1) is 17.3 Å². The third-order valence-electron chi connectivity index (χ3n) is 3.66. The van der Waals surface area contributed by atoms with Crippen molar-refractivity contribution in [3.8, 4) is 0 Å². The van der Waals surface area contributed by atoms with Gasteiger partial charge in [-0.15, -0.1) is 0 Å². The summed E-state index contributed by atoms with van der Waals surface area (Å²) in [6.07, 6.45) is 3.06. The van der Waals surface area contributed by atoms with E-state index in [4.69, 9.17) is 11.6 Å². The summed E-state index contributed by atoms with van der Waals surface area (Å²) in [4.78, 5) is 0. The summed E-state index contributed by atoms with van der Waals surface area (Å²) in [6.45, 7) is 9.25. The summed E-state index contributed by atoms with van der Waals surface area (Å²) in [5.41, 5.74) is 3.49. The maximum atomic E-state index is 6.03. The molecular weight excluding hydrogens is 282 g/mol. The molecule has 1 aromatic carbocycles. The standard InChI is InChI=1S/C17H24ClN3/c1-4-9-19-10-13(2)16-7-5-15(6-8-16)11-21-12-17(18)14(3)20-21/h5-8,12-13,19H,4,9-11H2,1-3H3. The van der Waals surface area contributed by atoms with E-state index in [0.717, 1.165) is 30.4 Å². The van der Waals surface area contributed by atoms with Crippen molar-refractivity contribution in [1.82, 2.24) is 15.1 Å². The van der Waals surface area contributed by atoms with Gasteiger partial charge < -0.3 is 5.32 Å². The molecule has 21 heavy (non-hydrogen) atoms. The minimum absolute atomic E-state index is 0.534. The van der Waals surface area contributed by atoms with Crippen LogP contribution >= 0.6 is 11.6 Å². The van der Waals surface area contributed by atoms with Gasteiger partial charge in [-0.25, -0.2) is 0 Å². The van der Waals surface area contributed by atoms with Crippen LogP contribution in [0.3, 0.4) is 0 Å². The number of hydrogen-bond donors (Lipinski definition) is 1. The molecule has 1 atom stereocenters. The van der Waals surface area contributed by atoms with Crippen LogP contribution in [0.1, 0.15) is 43.0 Å². The maximum Gasteiger partial charge on any atom is 0.0815 e. The highest BCUT2D eigenvalue weighted by atomic mass is 35.5. The highest BCUT2D eigenvalue weighted by Crippen LogP contribution is 2.17. The van der Waals surface area contributed by atoms with Gasteiger partial charge in [0, 0.05) is 12.7 Å². The van der Waals surface area contributed by atoms with Gasteiger partial charge in [0.1, 0.15) is 0 Å². The minimum atomic E-state index is 0.534. The van der Waals surface area contributed by atoms with Crippen molar-refractivity contribution in [1.29, 1.82) is 0 Å². The zero-order chi connectivity index (χ0) is 15.2. The third kappa shape index (κ3) is 4.58. The number of nitrogens with one attached hydrogen (secondary N) is 1. The highest BCUT2D eigenvalue weighted by molar-refractivity contribution is 6.31. The normalized spacial score (nSPS) is 12.6. The molecule has 0 amide bonds. The first kappa shape index (κ1) is 16.1. The number of halogens is 1. The molecule has 0 spiro atoms. The second-order valence-corrected chi connectivity index (χ2v) is 6.01. The van der Waals surface area contributed by atoms with E-state index in [9.17, 15) is 0 Å². The van der Waals surface area contributed by atoms with Gasteiger partial charge in [0.15, 0.2) is 0 Å². The highest BCUT2D eigenvalue weighted by Gasteiger charge is 2.06. The Morgan fingerprint density at radius 1 is 1.29 bits per heavy atom. The van der Waals surface area contributed by atoms with Crippen LogP contribution in [0, 0.1) is 6.92 Å². The summed E-state index contributed by atoms with van der Waals surface area (Å²) in [5, 5.41) is 8.58. The van der Waals surface area contributed by atoms with E-state index in [-0.39, 0.29) is 0 Å². The Balaban J connectivity index is 1.95. The molecule has 1 unspecified atom stereocenters. The molecular formula is C17H24ClN3. The average Bonchev–Trinajstić information content (AvgIpc) is 2.78. The lowest BCUT2D eigenvalue weighted by Crippen LogP contribution is -2.20. The number of rotatable bonds is 7. The molecule has 3 nitrogen and oxygen atoms in total. The fourth-order valence-corrected chi connectivity index (χ4v) is 2.48. The van der Waals surface area contributed by atoms with Gasteiger partial charge in [-0.3, -0.25) is 4.68 Å². The first-order valence-corrected chi connectivity index (χ1v) is 7.97. The first-order valence-electron chi connectivity index (χ1n) is 7.59. The topological polar surface area (TPSA) is 29.9 Å². The van der Waals surface area contributed by atoms with E-state index in [2.05, 4.69) is 48.5 Å². The van der Waals surface area contributed by atoms with Gasteiger partial charge in [0.2, 0.25) is 0 Å². The molecule has 114 valence electrons. The molecule has 4 heteroatoms. The van der Waals surface area contributed by atoms with Crippen LogP contribution in [0.25, 0.3) is 0 Å². The number of nitrogens with zero attached hydrogens (tertiary/aromatic N) is 2. The fraction of sp³-hybridized carbons (Fsp3) is 0.471. The van der Waals surface area contributed by atoms with Gasteiger partial charge in [-0.05, 0) is 36.9 Å². The van der Waals surface area contributed by atoms with Crippen molar-refractivity contribution in [2.75, 3.05) is 13.1 Å². The maximum absolute atomic E-state index is 6.03. The minimum Gasteiger partial charge on any atom is -0.316 e. The third-order valence-corrected chi connectivity index (χ3v) is 4.03. The summed E-state index contributed by atoms with van der Waals surface area (Å²) in [7, 11) is 0. The van der Waals surface area contributed by atoms with Gasteiger partial charge in [-0.1, -0.05) is 49.7 Å². The van der Waals surface area contributed by atoms with Crippen LogP contribution in [-0.2, 0) is 6.54 Å². The predicted octanol–water partition coefficient (Wildman–Crippen LogP) is 4.00. The Kier molecular flexibility index (Phi) is 5.83. The molecule has 2 aromatic rings. The lowest BCUT2D eigenvalue weighted by atomic mass is 10.00. The Hall–Kier alpha value is -1.32. The summed E-state index contributed by atoms with van der Waals surface area (Å²) < 4.78 is 1.89. The first-order chi connectivity index (χ1) is 10.1. The molecule has 0 saturated carbocycles. The van der Waals surface area contributed by atoms with E-state index in [1.54, 1.807) is 0 Å². The Morgan fingerprint density at radius 3 is 2.57 bits per heavy atom. The van der Waals surface area contributed by atoms with E-state index < -0.39 is 0 Å². The van der Waals surface area contributed by atoms with Crippen molar-refractivity contribution >= 4 is 11.6 Å². The second kappa shape index (κ2) is 7.62. The average molecular weight is 306 g/mol. The number of aryl methyl sites for hydroxylation is 1. The molecule has 1 aromatic heterocycles. The molecule has 0 fully saturated rings. The molecule has 0 radical (unpaired) electrons. The van der Waals surface area contributed by atoms with Crippen molar-refractivity contribution in [2.24, 2.45) is 0 Å². The molecule has 1 N–H and O–H groups in total. The van der Waals surface area contributed by atoms with Crippen molar-refractivity contribution in [3.05, 3.63) is 52.3 Å². The Bertz CT molecular complexity index is 540. The van der Waals surface area contributed by atoms with E-state index >= 15 is 0 Å². The molecule has 0 aliphatic carbocycles. The van der Waals surface area contributed by atoms with Crippen molar-refractivity contribution in [3.63, 3.8) is 0 Å². The largest absolute Gasteiger partial charge is 0.316 e. The lowest BCUT2D eigenvalue weighted by molar-refractivity contribution is 0.608. The Morgan fingerprint density at radius 2 is 2.00 bits per heavy atom. The van der Waals surface area contributed by atoms with Crippen LogP contribution in [-0.4, -0.2) is 22.9 Å². The molecule has 0 aliphatic rings. The molecule has 0 saturated heterocycles. The zero-order valence-electron chi connectivity index (χ0n) is 13.1. The number of aromatic nitrogens is 2. The SMILES string of the molecule is CCCNCC(C)c1ccc(Cn2cc(Cl)c(C)n2)cc1. The van der Waals surface area contributed by atoms with Crippen LogP contribution in [0.4, 0.5) is 0 Å². The zero-order valence-corrected chi connectivity index (χ0v) is 13.8. The smallest absolute Gasteiger partial charge is 0.0815 e. The number of hydrogen-bond acceptors (Lipinski definition) is 2. The monoisotopic (exact) mass is 305 g/mol. The van der Waals surface area contributed by atoms with Crippen LogP contribution in [0.5, 0.6) is 0 Å². The molecule has 1 heterocycles. The van der Waals surface area contributed by atoms with E-state index in [0.29, 0.717) is 5.92 Å². The van der Waals surface area contributed by atoms with Crippen LogP contribution in [0.2, 0.25) is 5.02 Å². The summed E-state index contributed by atoms with van der Waals surface area (Å²) in [6, 6.07) is 8.78. The quantitative estimate of drug-likeness (QED) is 0.784. The van der Waals surface area contributed by atoms with E-state index in [1.165, 1.54) is 17.5 Å². The van der Waals surface area contributed by atoms with Gasteiger partial charge in [0.25, 0.3) is 0 Å². The van der Waals surface area contributed by atoms with E-state index in [1.807, 2.05) is 17.8 Å². The van der Waals surface area contributed by atoms with Crippen molar-refractivity contribution < 1.29 is 0 Å².